The van der Waals surface area contributed by atoms with Gasteiger partial charge in [-0.15, -0.1) is 11.8 Å². The van der Waals surface area contributed by atoms with Gasteiger partial charge < -0.3 is 19.9 Å². The topological polar surface area (TPSA) is 77.7 Å². The first-order valence-electron chi connectivity index (χ1n) is 15.0. The summed E-state index contributed by atoms with van der Waals surface area (Å²) in [7, 11) is 0. The zero-order valence-corrected chi connectivity index (χ0v) is 27.0. The molecule has 44 heavy (non-hydrogen) atoms. The molecular weight excluding hydrogens is 615 g/mol. The maximum atomic E-state index is 14.6. The van der Waals surface area contributed by atoms with Crippen molar-refractivity contribution in [3.8, 4) is 0 Å². The Morgan fingerprint density at radius 2 is 1.77 bits per heavy atom. The fourth-order valence-electron chi connectivity index (χ4n) is 6.19. The Labute approximate surface area is 272 Å². The molecule has 2 amide bonds. The standard InChI is InChI=1S/C34H36Cl2N4O3S/c1-23-3-10-27(11-4-23)44-34(33(42)37-13-2-14-39-15-17-43-18-16-39)20-31(41)40(22-24-5-7-25(35)8-6-24)32(34)29-21-38-30-19-26(36)9-12-28(29)30/h3-12,19,21,32,38H,2,13-18,20,22H2,1H3,(H,37,42)/t32-,34?/m0/s1. The van der Waals surface area contributed by atoms with Crippen molar-refractivity contribution >= 4 is 57.7 Å². The minimum atomic E-state index is -1.12. The number of aryl methyl sites for hydroxylation is 1. The first kappa shape index (κ1) is 31.0. The number of morpholine rings is 1. The third-order valence-electron chi connectivity index (χ3n) is 8.47. The van der Waals surface area contributed by atoms with Gasteiger partial charge in [-0.2, -0.15) is 0 Å². The van der Waals surface area contributed by atoms with E-state index in [-0.39, 0.29) is 18.2 Å². The molecule has 3 aromatic carbocycles. The summed E-state index contributed by atoms with van der Waals surface area (Å²) < 4.78 is 4.36. The summed E-state index contributed by atoms with van der Waals surface area (Å²) in [5.41, 5.74) is 3.82. The number of benzene rings is 3. The Morgan fingerprint density at radius 1 is 1.05 bits per heavy atom. The maximum absolute atomic E-state index is 14.6. The van der Waals surface area contributed by atoms with Crippen LogP contribution in [0.25, 0.3) is 10.9 Å². The SMILES string of the molecule is Cc1ccc(SC2(C(=O)NCCCN3CCOCC3)CC(=O)N(Cc3ccc(Cl)cc3)[C@H]2c2c[nH]c3cc(Cl)ccc23)cc1. The van der Waals surface area contributed by atoms with Crippen molar-refractivity contribution in [2.75, 3.05) is 39.4 Å². The number of amides is 2. The van der Waals surface area contributed by atoms with E-state index in [9.17, 15) is 9.59 Å². The number of hydrogen-bond donors (Lipinski definition) is 2. The van der Waals surface area contributed by atoms with Crippen LogP contribution in [0.2, 0.25) is 10.0 Å². The fourth-order valence-corrected chi connectivity index (χ4v) is 7.91. The number of hydrogen-bond acceptors (Lipinski definition) is 5. The molecule has 6 rings (SSSR count). The number of aromatic nitrogens is 1. The Balaban J connectivity index is 1.39. The quantitative estimate of drug-likeness (QED) is 0.189. The van der Waals surface area contributed by atoms with Crippen molar-refractivity contribution in [3.05, 3.63) is 99.7 Å². The van der Waals surface area contributed by atoms with Crippen LogP contribution in [0.1, 0.15) is 35.6 Å². The second-order valence-electron chi connectivity index (χ2n) is 11.5. The fraction of sp³-hybridized carbons (Fsp3) is 0.353. The second-order valence-corrected chi connectivity index (χ2v) is 13.8. The molecule has 7 nitrogen and oxygen atoms in total. The van der Waals surface area contributed by atoms with E-state index in [4.69, 9.17) is 27.9 Å². The monoisotopic (exact) mass is 650 g/mol. The number of rotatable bonds is 10. The highest BCUT2D eigenvalue weighted by atomic mass is 35.5. The third kappa shape index (κ3) is 6.65. The van der Waals surface area contributed by atoms with E-state index in [1.54, 1.807) is 0 Å². The van der Waals surface area contributed by atoms with Gasteiger partial charge >= 0.3 is 0 Å². The molecule has 4 aromatic rings. The first-order chi connectivity index (χ1) is 21.3. The van der Waals surface area contributed by atoms with E-state index in [2.05, 4.69) is 15.2 Å². The van der Waals surface area contributed by atoms with Gasteiger partial charge in [-0.3, -0.25) is 14.5 Å². The van der Waals surface area contributed by atoms with E-state index < -0.39 is 10.8 Å². The van der Waals surface area contributed by atoms with Gasteiger partial charge in [-0.1, -0.05) is 59.1 Å². The average molecular weight is 652 g/mol. The Bertz CT molecular complexity index is 1620. The molecule has 0 bridgehead atoms. The molecule has 1 aromatic heterocycles. The number of likely N-dealkylation sites (tertiary alicyclic amines) is 1. The molecule has 0 saturated carbocycles. The molecule has 1 unspecified atom stereocenters. The van der Waals surface area contributed by atoms with Gasteiger partial charge in [0.05, 0.1) is 25.7 Å². The average Bonchev–Trinajstić information content (AvgIpc) is 3.55. The predicted octanol–water partition coefficient (Wildman–Crippen LogP) is 6.63. The number of nitrogens with zero attached hydrogens (tertiary/aromatic N) is 2. The van der Waals surface area contributed by atoms with Gasteiger partial charge in [-0.25, -0.2) is 0 Å². The second kappa shape index (κ2) is 13.5. The molecule has 2 saturated heterocycles. The van der Waals surface area contributed by atoms with Crippen LogP contribution in [0.5, 0.6) is 0 Å². The van der Waals surface area contributed by atoms with Crippen LogP contribution >= 0.6 is 35.0 Å². The molecule has 2 aliphatic heterocycles. The molecule has 2 atom stereocenters. The normalized spacial score (nSPS) is 20.8. The molecule has 0 radical (unpaired) electrons. The summed E-state index contributed by atoms with van der Waals surface area (Å²) in [5.74, 6) is -0.207. The van der Waals surface area contributed by atoms with E-state index in [1.807, 2.05) is 84.8 Å². The Kier molecular flexibility index (Phi) is 9.54. The van der Waals surface area contributed by atoms with Crippen LogP contribution in [0.15, 0.2) is 77.8 Å². The van der Waals surface area contributed by atoms with Crippen molar-refractivity contribution in [2.45, 2.75) is 42.0 Å². The highest BCUT2D eigenvalue weighted by Gasteiger charge is 2.58. The van der Waals surface area contributed by atoms with Gasteiger partial charge in [0.2, 0.25) is 11.8 Å². The van der Waals surface area contributed by atoms with Crippen LogP contribution in [-0.2, 0) is 20.9 Å². The molecule has 2 fully saturated rings. The van der Waals surface area contributed by atoms with Crippen molar-refractivity contribution in [1.29, 1.82) is 0 Å². The number of fused-ring (bicyclic) bond motifs is 1. The lowest BCUT2D eigenvalue weighted by Gasteiger charge is -2.36. The summed E-state index contributed by atoms with van der Waals surface area (Å²) >= 11 is 14.0. The summed E-state index contributed by atoms with van der Waals surface area (Å²) in [6.45, 7) is 7.09. The lowest BCUT2D eigenvalue weighted by molar-refractivity contribution is -0.129. The lowest BCUT2D eigenvalue weighted by atomic mass is 9.91. The number of carbonyl (C=O) groups excluding carboxylic acids is 2. The molecule has 230 valence electrons. The van der Waals surface area contributed by atoms with Crippen LogP contribution in [0, 0.1) is 6.92 Å². The number of H-pyrrole nitrogens is 1. The van der Waals surface area contributed by atoms with E-state index in [0.717, 1.165) is 71.8 Å². The number of ether oxygens (including phenoxy) is 1. The number of carbonyl (C=O) groups is 2. The molecule has 2 aliphatic rings. The molecule has 3 heterocycles. The maximum Gasteiger partial charge on any atom is 0.239 e. The van der Waals surface area contributed by atoms with Gasteiger partial charge in [0.15, 0.2) is 0 Å². The molecule has 0 aliphatic carbocycles. The highest BCUT2D eigenvalue weighted by Crippen LogP contribution is 2.54. The van der Waals surface area contributed by atoms with Crippen molar-refractivity contribution in [3.63, 3.8) is 0 Å². The van der Waals surface area contributed by atoms with Gasteiger partial charge in [0, 0.05) is 63.8 Å². The molecule has 0 spiro atoms. The third-order valence-corrected chi connectivity index (χ3v) is 10.4. The van der Waals surface area contributed by atoms with Gasteiger partial charge in [-0.05, 0) is 61.9 Å². The number of halogens is 2. The van der Waals surface area contributed by atoms with Crippen molar-refractivity contribution < 1.29 is 14.3 Å². The van der Waals surface area contributed by atoms with Gasteiger partial charge in [0.25, 0.3) is 0 Å². The first-order valence-corrected chi connectivity index (χ1v) is 16.5. The summed E-state index contributed by atoms with van der Waals surface area (Å²) in [5, 5.41) is 5.43. The van der Waals surface area contributed by atoms with Gasteiger partial charge in [0.1, 0.15) is 4.75 Å². The zero-order valence-electron chi connectivity index (χ0n) is 24.7. The summed E-state index contributed by atoms with van der Waals surface area (Å²) in [4.78, 5) is 37.2. The van der Waals surface area contributed by atoms with Crippen LogP contribution in [0.3, 0.4) is 0 Å². The largest absolute Gasteiger partial charge is 0.379 e. The molecular formula is C34H36Cl2N4O3S. The smallest absolute Gasteiger partial charge is 0.239 e. The zero-order chi connectivity index (χ0) is 30.7. The summed E-state index contributed by atoms with van der Waals surface area (Å²) in [6.07, 6.45) is 2.81. The highest BCUT2D eigenvalue weighted by molar-refractivity contribution is 8.01. The molecule has 2 N–H and O–H groups in total. The number of nitrogens with one attached hydrogen (secondary N) is 2. The minimum absolute atomic E-state index is 0.0688. The predicted molar refractivity (Wildman–Crippen MR) is 177 cm³/mol. The van der Waals surface area contributed by atoms with Crippen molar-refractivity contribution in [2.24, 2.45) is 0 Å². The van der Waals surface area contributed by atoms with E-state index in [1.165, 1.54) is 11.8 Å². The minimum Gasteiger partial charge on any atom is -0.379 e. The van der Waals surface area contributed by atoms with Crippen LogP contribution < -0.4 is 5.32 Å². The Morgan fingerprint density at radius 3 is 2.52 bits per heavy atom. The Hall–Kier alpha value is -3.01. The van der Waals surface area contributed by atoms with E-state index in [0.29, 0.717) is 23.1 Å². The number of thioether (sulfide) groups is 1. The molecule has 10 heteroatoms. The van der Waals surface area contributed by atoms with Crippen LogP contribution in [-0.4, -0.2) is 70.7 Å². The van der Waals surface area contributed by atoms with Crippen molar-refractivity contribution in [1.82, 2.24) is 20.1 Å². The van der Waals surface area contributed by atoms with Crippen LogP contribution in [0.4, 0.5) is 0 Å². The van der Waals surface area contributed by atoms with E-state index >= 15 is 0 Å². The lowest BCUT2D eigenvalue weighted by Crippen LogP contribution is -2.48. The summed E-state index contributed by atoms with van der Waals surface area (Å²) in [6, 6.07) is 20.8. The number of aromatic amines is 1.